The smallest absolute Gasteiger partial charge is 0.434 e. The van der Waals surface area contributed by atoms with Crippen molar-refractivity contribution in [2.24, 2.45) is 5.92 Å². The first-order valence-corrected chi connectivity index (χ1v) is 11.1. The van der Waals surface area contributed by atoms with Crippen molar-refractivity contribution in [1.82, 2.24) is 0 Å². The summed E-state index contributed by atoms with van der Waals surface area (Å²) in [5, 5.41) is 1.46. The molecule has 0 saturated carbocycles. The Labute approximate surface area is 179 Å². The van der Waals surface area contributed by atoms with E-state index in [0.717, 1.165) is 35.9 Å². The molecule has 1 atom stereocenters. The number of unbranched alkanes of at least 4 members (excludes halogenated alkanes) is 1. The number of carbonyl (C=O) groups excluding carboxylic acids is 1. The van der Waals surface area contributed by atoms with Gasteiger partial charge in [-0.25, -0.2) is 4.79 Å². The van der Waals surface area contributed by atoms with E-state index in [1.54, 1.807) is 12.1 Å². The molecule has 1 heterocycles. The molecule has 2 aromatic carbocycles. The SMILES string of the molecule is CCCCC(CC)COC(=O)Oc1c(Cl)cc(C)c2c(=O)c3ccccc3sc12. The number of halogens is 1. The molecule has 0 N–H and O–H groups in total. The van der Waals surface area contributed by atoms with E-state index in [-0.39, 0.29) is 16.2 Å². The predicted octanol–water partition coefficient (Wildman–Crippen LogP) is 7.11. The number of benzene rings is 2. The van der Waals surface area contributed by atoms with Crippen LogP contribution in [0.15, 0.2) is 35.1 Å². The Kier molecular flexibility index (Phi) is 7.14. The summed E-state index contributed by atoms with van der Waals surface area (Å²) in [4.78, 5) is 25.4. The van der Waals surface area contributed by atoms with E-state index in [9.17, 15) is 9.59 Å². The zero-order valence-corrected chi connectivity index (χ0v) is 18.5. The van der Waals surface area contributed by atoms with Crippen LogP contribution in [0.1, 0.15) is 45.1 Å². The first kappa shape index (κ1) is 21.6. The van der Waals surface area contributed by atoms with Gasteiger partial charge in [0.05, 0.1) is 16.3 Å². The van der Waals surface area contributed by atoms with Crippen molar-refractivity contribution >= 4 is 49.3 Å². The van der Waals surface area contributed by atoms with Crippen LogP contribution in [0.2, 0.25) is 5.02 Å². The van der Waals surface area contributed by atoms with Crippen molar-refractivity contribution in [3.63, 3.8) is 0 Å². The summed E-state index contributed by atoms with van der Waals surface area (Å²) in [7, 11) is 0. The van der Waals surface area contributed by atoms with E-state index < -0.39 is 6.16 Å². The highest BCUT2D eigenvalue weighted by Crippen LogP contribution is 2.39. The minimum atomic E-state index is -0.792. The maximum Gasteiger partial charge on any atom is 0.513 e. The third-order valence-electron chi connectivity index (χ3n) is 5.12. The van der Waals surface area contributed by atoms with Crippen LogP contribution in [0.4, 0.5) is 4.79 Å². The van der Waals surface area contributed by atoms with Crippen molar-refractivity contribution in [3.05, 3.63) is 51.1 Å². The van der Waals surface area contributed by atoms with Gasteiger partial charge in [-0.3, -0.25) is 4.79 Å². The van der Waals surface area contributed by atoms with Gasteiger partial charge in [0.15, 0.2) is 11.2 Å². The fraction of sp³-hybridized carbons (Fsp3) is 0.391. The van der Waals surface area contributed by atoms with Gasteiger partial charge in [-0.15, -0.1) is 11.3 Å². The second kappa shape index (κ2) is 9.59. The first-order chi connectivity index (χ1) is 14.0. The summed E-state index contributed by atoms with van der Waals surface area (Å²) in [6.07, 6.45) is 3.38. The molecule has 0 aliphatic heterocycles. The van der Waals surface area contributed by atoms with Gasteiger partial charge in [-0.2, -0.15) is 0 Å². The summed E-state index contributed by atoms with van der Waals surface area (Å²) in [6.45, 7) is 6.37. The van der Waals surface area contributed by atoms with Crippen LogP contribution in [-0.2, 0) is 4.74 Å². The van der Waals surface area contributed by atoms with Gasteiger partial charge in [0.2, 0.25) is 0 Å². The summed E-state index contributed by atoms with van der Waals surface area (Å²) >= 11 is 7.77. The number of fused-ring (bicyclic) bond motifs is 2. The van der Waals surface area contributed by atoms with Gasteiger partial charge in [-0.05, 0) is 43.0 Å². The van der Waals surface area contributed by atoms with Gasteiger partial charge in [-0.1, -0.05) is 56.8 Å². The van der Waals surface area contributed by atoms with E-state index in [2.05, 4.69) is 13.8 Å². The molecule has 0 fully saturated rings. The topological polar surface area (TPSA) is 52.6 Å². The second-order valence-electron chi connectivity index (χ2n) is 7.22. The number of carbonyl (C=O) groups is 1. The molecule has 3 aromatic rings. The fourth-order valence-electron chi connectivity index (χ4n) is 3.39. The van der Waals surface area contributed by atoms with Crippen LogP contribution in [0, 0.1) is 12.8 Å². The Hall–Kier alpha value is -2.11. The average Bonchev–Trinajstić information content (AvgIpc) is 2.71. The van der Waals surface area contributed by atoms with E-state index in [1.165, 1.54) is 11.3 Å². The number of hydrogen-bond donors (Lipinski definition) is 0. The van der Waals surface area contributed by atoms with Gasteiger partial charge >= 0.3 is 6.16 Å². The zero-order valence-electron chi connectivity index (χ0n) is 16.9. The minimum Gasteiger partial charge on any atom is -0.434 e. The summed E-state index contributed by atoms with van der Waals surface area (Å²) in [5.41, 5.74) is 0.663. The van der Waals surface area contributed by atoms with E-state index >= 15 is 0 Å². The maximum atomic E-state index is 13.0. The number of rotatable bonds is 7. The molecule has 3 rings (SSSR count). The Morgan fingerprint density at radius 1 is 1.24 bits per heavy atom. The van der Waals surface area contributed by atoms with Crippen LogP contribution in [0.3, 0.4) is 0 Å². The Morgan fingerprint density at radius 3 is 2.72 bits per heavy atom. The third-order valence-corrected chi connectivity index (χ3v) is 6.57. The number of aryl methyl sites for hydroxylation is 1. The lowest BCUT2D eigenvalue weighted by molar-refractivity contribution is 0.0817. The summed E-state index contributed by atoms with van der Waals surface area (Å²) in [6, 6.07) is 9.05. The van der Waals surface area contributed by atoms with Crippen molar-refractivity contribution in [1.29, 1.82) is 0 Å². The number of ether oxygens (including phenoxy) is 2. The Bertz CT molecular complexity index is 1090. The molecule has 6 heteroatoms. The highest BCUT2D eigenvalue weighted by atomic mass is 35.5. The van der Waals surface area contributed by atoms with Gasteiger partial charge in [0.25, 0.3) is 0 Å². The highest BCUT2D eigenvalue weighted by molar-refractivity contribution is 7.25. The standard InChI is InChI=1S/C23H25ClO4S/c1-4-6-9-15(5-2)13-27-23(26)28-21-17(24)12-14(3)19-20(25)16-10-7-8-11-18(16)29-22(19)21/h7-8,10-12,15H,4-6,9,13H2,1-3H3. The van der Waals surface area contributed by atoms with Gasteiger partial charge in [0, 0.05) is 15.5 Å². The van der Waals surface area contributed by atoms with Gasteiger partial charge < -0.3 is 9.47 Å². The molecule has 1 unspecified atom stereocenters. The second-order valence-corrected chi connectivity index (χ2v) is 8.67. The molecule has 29 heavy (non-hydrogen) atoms. The highest BCUT2D eigenvalue weighted by Gasteiger charge is 2.20. The zero-order chi connectivity index (χ0) is 21.0. The molecule has 0 bridgehead atoms. The molecular weight excluding hydrogens is 408 g/mol. The van der Waals surface area contributed by atoms with Crippen molar-refractivity contribution in [2.75, 3.05) is 6.61 Å². The van der Waals surface area contributed by atoms with Crippen molar-refractivity contribution in [2.45, 2.75) is 46.5 Å². The van der Waals surface area contributed by atoms with Crippen LogP contribution < -0.4 is 10.2 Å². The van der Waals surface area contributed by atoms with Crippen LogP contribution in [0.5, 0.6) is 5.75 Å². The largest absolute Gasteiger partial charge is 0.513 e. The Balaban J connectivity index is 1.93. The lowest BCUT2D eigenvalue weighted by Gasteiger charge is -2.15. The average molecular weight is 433 g/mol. The molecule has 0 radical (unpaired) electrons. The van der Waals surface area contributed by atoms with Crippen molar-refractivity contribution in [3.8, 4) is 5.75 Å². The van der Waals surface area contributed by atoms with E-state index in [4.69, 9.17) is 21.1 Å². The van der Waals surface area contributed by atoms with E-state index in [0.29, 0.717) is 28.0 Å². The van der Waals surface area contributed by atoms with Gasteiger partial charge in [0.1, 0.15) is 0 Å². The first-order valence-electron chi connectivity index (χ1n) is 9.95. The van der Waals surface area contributed by atoms with Crippen molar-refractivity contribution < 1.29 is 14.3 Å². The Morgan fingerprint density at radius 2 is 2.00 bits per heavy atom. The van der Waals surface area contributed by atoms with Crippen LogP contribution >= 0.6 is 22.9 Å². The van der Waals surface area contributed by atoms with Crippen LogP contribution in [-0.4, -0.2) is 12.8 Å². The molecule has 1 aromatic heterocycles. The lowest BCUT2D eigenvalue weighted by Crippen LogP contribution is -2.17. The molecule has 0 aliphatic rings. The molecule has 0 aliphatic carbocycles. The lowest BCUT2D eigenvalue weighted by atomic mass is 10.0. The summed E-state index contributed by atoms with van der Waals surface area (Å²) < 4.78 is 12.2. The molecule has 0 spiro atoms. The normalized spacial score (nSPS) is 12.3. The molecular formula is C23H25ClO4S. The number of hydrogen-bond acceptors (Lipinski definition) is 5. The van der Waals surface area contributed by atoms with Crippen LogP contribution in [0.25, 0.3) is 20.2 Å². The molecule has 0 saturated heterocycles. The summed E-state index contributed by atoms with van der Waals surface area (Å²) in [5.74, 6) is 0.500. The molecule has 154 valence electrons. The minimum absolute atomic E-state index is 0.0904. The predicted molar refractivity (Wildman–Crippen MR) is 121 cm³/mol. The monoisotopic (exact) mass is 432 g/mol. The maximum absolute atomic E-state index is 13.0. The quantitative estimate of drug-likeness (QED) is 0.227. The van der Waals surface area contributed by atoms with E-state index in [1.807, 2.05) is 25.1 Å². The molecule has 4 nitrogen and oxygen atoms in total. The third kappa shape index (κ3) is 4.73. The fourth-order valence-corrected chi connectivity index (χ4v) is 4.98. The molecule has 0 amide bonds.